The summed E-state index contributed by atoms with van der Waals surface area (Å²) < 4.78 is 9.75. The Morgan fingerprint density at radius 2 is 2.25 bits per heavy atom. The Morgan fingerprint density at radius 3 is 2.75 bits per heavy atom. The van der Waals surface area contributed by atoms with Gasteiger partial charge in [0.25, 0.3) is 0 Å². The van der Waals surface area contributed by atoms with E-state index in [-0.39, 0.29) is 13.0 Å². The van der Waals surface area contributed by atoms with Gasteiger partial charge in [-0.05, 0) is 0 Å². The molecule has 0 bridgehead atoms. The van der Waals surface area contributed by atoms with Crippen molar-refractivity contribution in [2.75, 3.05) is 26.9 Å². The van der Waals surface area contributed by atoms with E-state index in [1.165, 1.54) is 0 Å². The lowest BCUT2D eigenvalue weighted by Crippen LogP contribution is -2.29. The summed E-state index contributed by atoms with van der Waals surface area (Å²) in [6.45, 7) is 1.21. The second kappa shape index (κ2) is 7.02. The molecule has 0 aromatic carbocycles. The van der Waals surface area contributed by atoms with Gasteiger partial charge in [-0.1, -0.05) is 0 Å². The first-order valence-electron chi connectivity index (χ1n) is 3.71. The molecule has 0 aromatic rings. The van der Waals surface area contributed by atoms with Gasteiger partial charge in [0.05, 0.1) is 26.2 Å². The van der Waals surface area contributed by atoms with Crippen molar-refractivity contribution in [3.8, 4) is 0 Å². The standard InChI is InChI=1S/C7H15NO4/c1-11-2-3-12-5-6(8)4-7(9)10/h6H,2-5,8H2,1H3,(H,9,10). The maximum Gasteiger partial charge on any atom is 0.305 e. The molecule has 0 aliphatic carbocycles. The van der Waals surface area contributed by atoms with Crippen molar-refractivity contribution in [1.29, 1.82) is 0 Å². The van der Waals surface area contributed by atoms with Crippen LogP contribution in [-0.2, 0) is 14.3 Å². The van der Waals surface area contributed by atoms with Gasteiger partial charge in [0.15, 0.2) is 0 Å². The van der Waals surface area contributed by atoms with Gasteiger partial charge in [-0.2, -0.15) is 0 Å². The number of ether oxygens (including phenoxy) is 2. The molecule has 1 unspecified atom stereocenters. The van der Waals surface area contributed by atoms with E-state index < -0.39 is 12.0 Å². The largest absolute Gasteiger partial charge is 0.481 e. The smallest absolute Gasteiger partial charge is 0.305 e. The minimum absolute atomic E-state index is 0.0625. The molecule has 0 amide bonds. The molecule has 0 aromatic heterocycles. The topological polar surface area (TPSA) is 81.8 Å². The molecule has 0 fully saturated rings. The molecule has 5 heteroatoms. The Morgan fingerprint density at radius 1 is 1.58 bits per heavy atom. The van der Waals surface area contributed by atoms with Crippen molar-refractivity contribution in [1.82, 2.24) is 0 Å². The number of hydrogen-bond donors (Lipinski definition) is 2. The number of hydrogen-bond acceptors (Lipinski definition) is 4. The molecule has 12 heavy (non-hydrogen) atoms. The van der Waals surface area contributed by atoms with Gasteiger partial charge in [0, 0.05) is 13.2 Å². The molecule has 0 aliphatic rings. The van der Waals surface area contributed by atoms with Crippen molar-refractivity contribution in [3.63, 3.8) is 0 Å². The van der Waals surface area contributed by atoms with Crippen molar-refractivity contribution in [2.24, 2.45) is 5.73 Å². The molecule has 0 spiro atoms. The lowest BCUT2D eigenvalue weighted by atomic mass is 10.2. The van der Waals surface area contributed by atoms with Crippen LogP contribution < -0.4 is 5.73 Å². The Labute approximate surface area is 71.5 Å². The van der Waals surface area contributed by atoms with Crippen LogP contribution in [0.25, 0.3) is 0 Å². The van der Waals surface area contributed by atoms with Gasteiger partial charge in [-0.25, -0.2) is 0 Å². The number of carboxylic acids is 1. The Kier molecular flexibility index (Phi) is 6.64. The molecule has 0 saturated carbocycles. The summed E-state index contributed by atoms with van der Waals surface area (Å²) >= 11 is 0. The number of methoxy groups -OCH3 is 1. The fraction of sp³-hybridized carbons (Fsp3) is 0.857. The summed E-state index contributed by atoms with van der Waals surface area (Å²) in [5, 5.41) is 8.33. The predicted molar refractivity (Wildman–Crippen MR) is 42.9 cm³/mol. The van der Waals surface area contributed by atoms with Crippen LogP contribution >= 0.6 is 0 Å². The molecule has 5 nitrogen and oxygen atoms in total. The zero-order valence-corrected chi connectivity index (χ0v) is 7.16. The van der Waals surface area contributed by atoms with Crippen LogP contribution in [0.2, 0.25) is 0 Å². The Hall–Kier alpha value is -0.650. The first-order chi connectivity index (χ1) is 5.66. The van der Waals surface area contributed by atoms with Gasteiger partial charge in [0.2, 0.25) is 0 Å². The molecule has 0 aliphatic heterocycles. The van der Waals surface area contributed by atoms with Crippen molar-refractivity contribution in [3.05, 3.63) is 0 Å². The molecule has 0 rings (SSSR count). The zero-order chi connectivity index (χ0) is 9.40. The Bertz CT molecular complexity index is 129. The average Bonchev–Trinajstić information content (AvgIpc) is 1.97. The predicted octanol–water partition coefficient (Wildman–Crippen LogP) is -0.549. The van der Waals surface area contributed by atoms with Crippen LogP contribution in [-0.4, -0.2) is 44.0 Å². The van der Waals surface area contributed by atoms with Crippen LogP contribution in [0.1, 0.15) is 6.42 Å². The van der Waals surface area contributed by atoms with Gasteiger partial charge < -0.3 is 20.3 Å². The molecule has 72 valence electrons. The number of rotatable bonds is 7. The van der Waals surface area contributed by atoms with Crippen LogP contribution in [0.15, 0.2) is 0 Å². The van der Waals surface area contributed by atoms with E-state index in [2.05, 4.69) is 0 Å². The van der Waals surface area contributed by atoms with Crippen molar-refractivity contribution >= 4 is 5.97 Å². The van der Waals surface area contributed by atoms with Gasteiger partial charge in [-0.15, -0.1) is 0 Å². The zero-order valence-electron chi connectivity index (χ0n) is 7.16. The summed E-state index contributed by atoms with van der Waals surface area (Å²) in [6.07, 6.45) is -0.0625. The van der Waals surface area contributed by atoms with E-state index in [9.17, 15) is 4.79 Å². The average molecular weight is 177 g/mol. The Balaban J connectivity index is 3.19. The number of carboxylic acid groups (broad SMARTS) is 1. The minimum Gasteiger partial charge on any atom is -0.481 e. The lowest BCUT2D eigenvalue weighted by Gasteiger charge is -2.08. The van der Waals surface area contributed by atoms with Crippen LogP contribution in [0.3, 0.4) is 0 Å². The highest BCUT2D eigenvalue weighted by Crippen LogP contribution is 1.89. The van der Waals surface area contributed by atoms with Gasteiger partial charge >= 0.3 is 5.97 Å². The molecule has 0 heterocycles. The minimum atomic E-state index is -0.905. The monoisotopic (exact) mass is 177 g/mol. The third-order valence-electron chi connectivity index (χ3n) is 1.20. The van der Waals surface area contributed by atoms with E-state index in [1.807, 2.05) is 0 Å². The van der Waals surface area contributed by atoms with Crippen molar-refractivity contribution in [2.45, 2.75) is 12.5 Å². The normalized spacial score (nSPS) is 12.8. The van der Waals surface area contributed by atoms with E-state index in [0.29, 0.717) is 13.2 Å². The van der Waals surface area contributed by atoms with Crippen LogP contribution in [0.4, 0.5) is 0 Å². The fourth-order valence-corrected chi connectivity index (χ4v) is 0.660. The van der Waals surface area contributed by atoms with E-state index >= 15 is 0 Å². The van der Waals surface area contributed by atoms with Crippen LogP contribution in [0.5, 0.6) is 0 Å². The van der Waals surface area contributed by atoms with Crippen molar-refractivity contribution < 1.29 is 19.4 Å². The third-order valence-corrected chi connectivity index (χ3v) is 1.20. The molecule has 0 radical (unpaired) electrons. The lowest BCUT2D eigenvalue weighted by molar-refractivity contribution is -0.137. The highest BCUT2D eigenvalue weighted by atomic mass is 16.5. The molecule has 1 atom stereocenters. The van der Waals surface area contributed by atoms with Crippen LogP contribution in [0, 0.1) is 0 Å². The van der Waals surface area contributed by atoms with E-state index in [0.717, 1.165) is 0 Å². The SMILES string of the molecule is COCCOCC(N)CC(=O)O. The highest BCUT2D eigenvalue weighted by Gasteiger charge is 2.07. The second-order valence-electron chi connectivity index (χ2n) is 2.43. The fourth-order valence-electron chi connectivity index (χ4n) is 0.660. The first kappa shape index (κ1) is 11.4. The maximum atomic E-state index is 10.1. The van der Waals surface area contributed by atoms with E-state index in [4.69, 9.17) is 20.3 Å². The maximum absolute atomic E-state index is 10.1. The number of nitrogens with two attached hydrogens (primary N) is 1. The number of carbonyl (C=O) groups is 1. The quantitative estimate of drug-likeness (QED) is 0.510. The third kappa shape index (κ3) is 7.46. The van der Waals surface area contributed by atoms with Gasteiger partial charge in [0.1, 0.15) is 0 Å². The molecule has 0 saturated heterocycles. The summed E-state index contributed by atoms with van der Waals surface area (Å²) in [6, 6.07) is -0.431. The highest BCUT2D eigenvalue weighted by molar-refractivity contribution is 5.67. The summed E-state index contributed by atoms with van der Waals surface area (Å²) in [5.41, 5.74) is 5.41. The summed E-state index contributed by atoms with van der Waals surface area (Å²) in [5.74, 6) is -0.905. The number of aliphatic carboxylic acids is 1. The molecular formula is C7H15NO4. The second-order valence-corrected chi connectivity index (χ2v) is 2.43. The van der Waals surface area contributed by atoms with E-state index in [1.54, 1.807) is 7.11 Å². The summed E-state index contributed by atoms with van der Waals surface area (Å²) in [7, 11) is 1.57. The summed E-state index contributed by atoms with van der Waals surface area (Å²) in [4.78, 5) is 10.1. The molecule has 3 N–H and O–H groups in total. The molecular weight excluding hydrogens is 162 g/mol. The van der Waals surface area contributed by atoms with Gasteiger partial charge in [-0.3, -0.25) is 4.79 Å². The first-order valence-corrected chi connectivity index (χ1v) is 3.71.